The van der Waals surface area contributed by atoms with E-state index in [4.69, 9.17) is 0 Å². The molecule has 1 aliphatic carbocycles. The van der Waals surface area contributed by atoms with Gasteiger partial charge in [0.15, 0.2) is 0 Å². The standard InChI is InChI=1S/C22H22N2O3S/c1-22(2)17-10-13(11-19-20(26)23-21(27)28-19)4-6-15(17)16-7-5-14(12-18(16)22)24(3)8-9-25/h4-7,10-12,25H,8-9H2,1-3H3,(H,23,26,27)/b19-11-. The molecule has 2 N–H and O–H groups in total. The molecule has 2 amide bonds. The van der Waals surface area contributed by atoms with Crippen molar-refractivity contribution < 1.29 is 14.7 Å². The van der Waals surface area contributed by atoms with Gasteiger partial charge in [0, 0.05) is 24.7 Å². The molecule has 6 heteroatoms. The number of aliphatic hydroxyl groups excluding tert-OH is 1. The summed E-state index contributed by atoms with van der Waals surface area (Å²) in [7, 11) is 1.98. The summed E-state index contributed by atoms with van der Waals surface area (Å²) in [5, 5.41) is 11.2. The normalized spacial score (nSPS) is 18.2. The zero-order valence-electron chi connectivity index (χ0n) is 16.1. The molecular formula is C22H22N2O3S. The first-order chi connectivity index (χ1) is 13.3. The second-order valence-electron chi connectivity index (χ2n) is 7.66. The number of imide groups is 1. The molecule has 0 atom stereocenters. The SMILES string of the molecule is CN(CCO)c1ccc2c(c1)C(C)(C)c1cc(/C=C3\SC(=O)NC3=O)ccc1-2. The highest BCUT2D eigenvalue weighted by atomic mass is 32.2. The van der Waals surface area contributed by atoms with Crippen LogP contribution in [0.15, 0.2) is 41.3 Å². The van der Waals surface area contributed by atoms with Crippen molar-refractivity contribution in [1.29, 1.82) is 0 Å². The number of rotatable bonds is 4. The number of anilines is 1. The smallest absolute Gasteiger partial charge is 0.290 e. The predicted octanol–water partition coefficient (Wildman–Crippen LogP) is 3.75. The summed E-state index contributed by atoms with van der Waals surface area (Å²) in [6.07, 6.45) is 1.77. The summed E-state index contributed by atoms with van der Waals surface area (Å²) >= 11 is 0.934. The second kappa shape index (κ2) is 6.79. The lowest BCUT2D eigenvalue weighted by molar-refractivity contribution is -0.115. The molecule has 0 radical (unpaired) electrons. The number of carbonyl (C=O) groups excluding carboxylic acids is 2. The lowest BCUT2D eigenvalue weighted by Crippen LogP contribution is -2.22. The van der Waals surface area contributed by atoms with E-state index in [0.29, 0.717) is 11.4 Å². The molecule has 1 aliphatic heterocycles. The lowest BCUT2D eigenvalue weighted by atomic mass is 9.82. The van der Waals surface area contributed by atoms with Crippen molar-refractivity contribution in [2.24, 2.45) is 0 Å². The Hall–Kier alpha value is -2.57. The molecule has 2 aromatic carbocycles. The van der Waals surface area contributed by atoms with Crippen LogP contribution >= 0.6 is 11.8 Å². The average Bonchev–Trinajstić information content (AvgIpc) is 3.08. The van der Waals surface area contributed by atoms with Gasteiger partial charge >= 0.3 is 0 Å². The highest BCUT2D eigenvalue weighted by molar-refractivity contribution is 8.18. The topological polar surface area (TPSA) is 69.6 Å². The van der Waals surface area contributed by atoms with Crippen molar-refractivity contribution in [3.05, 3.63) is 58.0 Å². The molecule has 0 aromatic heterocycles. The van der Waals surface area contributed by atoms with Crippen molar-refractivity contribution >= 4 is 34.7 Å². The molecular weight excluding hydrogens is 372 g/mol. The molecule has 0 bridgehead atoms. The molecule has 4 rings (SSSR count). The summed E-state index contributed by atoms with van der Waals surface area (Å²) in [5.74, 6) is -0.338. The lowest BCUT2D eigenvalue weighted by Gasteiger charge is -2.24. The van der Waals surface area contributed by atoms with Crippen molar-refractivity contribution in [3.63, 3.8) is 0 Å². The number of hydrogen-bond acceptors (Lipinski definition) is 5. The van der Waals surface area contributed by atoms with E-state index in [2.05, 4.69) is 49.5 Å². The fraction of sp³-hybridized carbons (Fsp3) is 0.273. The Morgan fingerprint density at radius 1 is 1.11 bits per heavy atom. The van der Waals surface area contributed by atoms with Crippen molar-refractivity contribution in [3.8, 4) is 11.1 Å². The van der Waals surface area contributed by atoms with Crippen LogP contribution in [0, 0.1) is 0 Å². The molecule has 0 spiro atoms. The number of aliphatic hydroxyl groups is 1. The summed E-state index contributed by atoms with van der Waals surface area (Å²) in [6, 6.07) is 12.6. The van der Waals surface area contributed by atoms with Crippen LogP contribution in [0.25, 0.3) is 17.2 Å². The van der Waals surface area contributed by atoms with E-state index in [-0.39, 0.29) is 23.2 Å². The van der Waals surface area contributed by atoms with Gasteiger partial charge in [-0.2, -0.15) is 0 Å². The molecule has 5 nitrogen and oxygen atoms in total. The number of amides is 2. The Labute approximate surface area is 168 Å². The maximum absolute atomic E-state index is 11.8. The van der Waals surface area contributed by atoms with Crippen LogP contribution in [0.3, 0.4) is 0 Å². The van der Waals surface area contributed by atoms with E-state index in [0.717, 1.165) is 23.0 Å². The first-order valence-corrected chi connectivity index (χ1v) is 9.99. The van der Waals surface area contributed by atoms with Gasteiger partial charge < -0.3 is 10.0 Å². The third-order valence-corrected chi connectivity index (χ3v) is 6.31. The molecule has 1 saturated heterocycles. The van der Waals surface area contributed by atoms with E-state index < -0.39 is 0 Å². The number of benzene rings is 2. The maximum atomic E-state index is 11.8. The number of likely N-dealkylation sites (N-methyl/N-ethyl adjacent to an activating group) is 1. The number of thioether (sulfide) groups is 1. The van der Waals surface area contributed by atoms with Crippen molar-refractivity contribution in [2.45, 2.75) is 19.3 Å². The Bertz CT molecular complexity index is 1030. The average molecular weight is 394 g/mol. The van der Waals surface area contributed by atoms with Gasteiger partial charge in [0.05, 0.1) is 11.5 Å². The van der Waals surface area contributed by atoms with Gasteiger partial charge in [-0.05, 0) is 57.8 Å². The van der Waals surface area contributed by atoms with E-state index in [1.165, 1.54) is 22.3 Å². The Morgan fingerprint density at radius 2 is 1.79 bits per heavy atom. The molecule has 28 heavy (non-hydrogen) atoms. The van der Waals surface area contributed by atoms with Gasteiger partial charge in [0.1, 0.15) is 0 Å². The molecule has 1 heterocycles. The van der Waals surface area contributed by atoms with E-state index in [9.17, 15) is 14.7 Å². The van der Waals surface area contributed by atoms with E-state index in [1.54, 1.807) is 6.08 Å². The second-order valence-corrected chi connectivity index (χ2v) is 8.67. The van der Waals surface area contributed by atoms with Gasteiger partial charge in [-0.3, -0.25) is 14.9 Å². The van der Waals surface area contributed by atoms with Crippen molar-refractivity contribution in [2.75, 3.05) is 25.1 Å². The Morgan fingerprint density at radius 3 is 2.43 bits per heavy atom. The summed E-state index contributed by atoms with van der Waals surface area (Å²) in [5.41, 5.74) is 6.65. The summed E-state index contributed by atoms with van der Waals surface area (Å²) in [4.78, 5) is 25.7. The van der Waals surface area contributed by atoms with E-state index >= 15 is 0 Å². The van der Waals surface area contributed by atoms with Crippen LogP contribution in [0.4, 0.5) is 10.5 Å². The van der Waals surface area contributed by atoms with Gasteiger partial charge in [-0.15, -0.1) is 0 Å². The van der Waals surface area contributed by atoms with Crippen molar-refractivity contribution in [1.82, 2.24) is 5.32 Å². The van der Waals surface area contributed by atoms with Gasteiger partial charge in [0.2, 0.25) is 0 Å². The molecule has 0 saturated carbocycles. The first kappa shape index (κ1) is 18.8. The number of nitrogens with one attached hydrogen (secondary N) is 1. The highest BCUT2D eigenvalue weighted by Gasteiger charge is 2.36. The van der Waals surface area contributed by atoms with E-state index in [1.807, 2.05) is 18.0 Å². The summed E-state index contributed by atoms with van der Waals surface area (Å²) in [6.45, 7) is 5.10. The zero-order chi connectivity index (χ0) is 20.1. The number of fused-ring (bicyclic) bond motifs is 3. The minimum Gasteiger partial charge on any atom is -0.395 e. The van der Waals surface area contributed by atoms with Crippen LogP contribution in [0.1, 0.15) is 30.5 Å². The molecule has 2 aliphatic rings. The van der Waals surface area contributed by atoms with Crippen LogP contribution in [-0.4, -0.2) is 36.5 Å². The Balaban J connectivity index is 1.74. The molecule has 1 fully saturated rings. The van der Waals surface area contributed by atoms with Crippen LogP contribution in [0.5, 0.6) is 0 Å². The molecule has 2 aromatic rings. The largest absolute Gasteiger partial charge is 0.395 e. The highest BCUT2D eigenvalue weighted by Crippen LogP contribution is 2.50. The maximum Gasteiger partial charge on any atom is 0.290 e. The van der Waals surface area contributed by atoms with Gasteiger partial charge in [0.25, 0.3) is 11.1 Å². The number of hydrogen-bond donors (Lipinski definition) is 2. The first-order valence-electron chi connectivity index (χ1n) is 9.17. The third kappa shape index (κ3) is 3.02. The van der Waals surface area contributed by atoms with Crippen LogP contribution in [-0.2, 0) is 10.2 Å². The Kier molecular flexibility index (Phi) is 4.56. The number of carbonyl (C=O) groups is 2. The third-order valence-electron chi connectivity index (χ3n) is 5.50. The minimum absolute atomic E-state index is 0.114. The van der Waals surface area contributed by atoms with Gasteiger partial charge in [-0.1, -0.05) is 38.1 Å². The quantitative estimate of drug-likeness (QED) is 0.773. The fourth-order valence-corrected chi connectivity index (χ4v) is 4.60. The van der Waals surface area contributed by atoms with Gasteiger partial charge in [-0.25, -0.2) is 0 Å². The molecule has 144 valence electrons. The summed E-state index contributed by atoms with van der Waals surface area (Å²) < 4.78 is 0. The minimum atomic E-state index is -0.338. The monoisotopic (exact) mass is 394 g/mol. The number of nitrogens with zero attached hydrogens (tertiary/aromatic N) is 1. The van der Waals surface area contributed by atoms with Crippen LogP contribution in [0.2, 0.25) is 0 Å². The fourth-order valence-electron chi connectivity index (χ4n) is 3.92. The zero-order valence-corrected chi connectivity index (χ0v) is 16.9. The predicted molar refractivity (Wildman–Crippen MR) is 113 cm³/mol. The molecule has 0 unspecified atom stereocenters. The van der Waals surface area contributed by atoms with Crippen LogP contribution < -0.4 is 10.2 Å².